The van der Waals surface area contributed by atoms with E-state index in [1.54, 1.807) is 24.3 Å². The van der Waals surface area contributed by atoms with Crippen LogP contribution in [0.2, 0.25) is 0 Å². The SMILES string of the molecule is O=C(N[C@H]1CCCC[C@H]2CC[C@@H](C(=O)N3CC(c4ccccc4)CC34CC4)N2C1=O)c1ccc2cnc(CP(=O)(O)O)cc2c1. The lowest BCUT2D eigenvalue weighted by Gasteiger charge is -2.37. The number of aromatic nitrogens is 1. The Balaban J connectivity index is 1.09. The van der Waals surface area contributed by atoms with Crippen molar-refractivity contribution in [1.29, 1.82) is 0 Å². The summed E-state index contributed by atoms with van der Waals surface area (Å²) in [7, 11) is -4.30. The number of likely N-dealkylation sites (tertiary alicyclic amines) is 1. The molecule has 1 saturated carbocycles. The van der Waals surface area contributed by atoms with E-state index in [0.29, 0.717) is 36.3 Å². The smallest absolute Gasteiger partial charge is 0.331 e. The van der Waals surface area contributed by atoms with Crippen molar-refractivity contribution in [2.75, 3.05) is 6.54 Å². The van der Waals surface area contributed by atoms with Gasteiger partial charge in [0.1, 0.15) is 12.1 Å². The van der Waals surface area contributed by atoms with E-state index < -0.39 is 31.7 Å². The Kier molecular flexibility index (Phi) is 7.79. The van der Waals surface area contributed by atoms with Crippen LogP contribution in [0.25, 0.3) is 10.8 Å². The van der Waals surface area contributed by atoms with Crippen LogP contribution < -0.4 is 5.32 Å². The van der Waals surface area contributed by atoms with Gasteiger partial charge in [0.15, 0.2) is 0 Å². The average molecular weight is 631 g/mol. The second-order valence-corrected chi connectivity index (χ2v) is 15.0. The van der Waals surface area contributed by atoms with Gasteiger partial charge < -0.3 is 24.9 Å². The van der Waals surface area contributed by atoms with E-state index in [1.165, 1.54) is 11.8 Å². The van der Waals surface area contributed by atoms with Gasteiger partial charge in [-0.1, -0.05) is 49.2 Å². The van der Waals surface area contributed by atoms with E-state index in [1.807, 2.05) is 23.1 Å². The highest BCUT2D eigenvalue weighted by Gasteiger charge is 2.58. The molecule has 4 aliphatic rings. The van der Waals surface area contributed by atoms with Gasteiger partial charge in [-0.3, -0.25) is 23.9 Å². The second-order valence-electron chi connectivity index (χ2n) is 13.3. The van der Waals surface area contributed by atoms with Crippen LogP contribution in [0.1, 0.15) is 85.3 Å². The lowest BCUT2D eigenvalue weighted by molar-refractivity contribution is -0.148. The van der Waals surface area contributed by atoms with Crippen molar-refractivity contribution >= 4 is 36.1 Å². The molecule has 45 heavy (non-hydrogen) atoms. The number of pyridine rings is 1. The van der Waals surface area contributed by atoms with Crippen molar-refractivity contribution in [3.63, 3.8) is 0 Å². The minimum absolute atomic E-state index is 0.00515. The predicted molar refractivity (Wildman–Crippen MR) is 168 cm³/mol. The zero-order chi connectivity index (χ0) is 31.3. The molecule has 0 radical (unpaired) electrons. The van der Waals surface area contributed by atoms with Crippen LogP contribution in [0, 0.1) is 0 Å². The van der Waals surface area contributed by atoms with Crippen LogP contribution in [0.15, 0.2) is 60.8 Å². The summed E-state index contributed by atoms with van der Waals surface area (Å²) in [4.78, 5) is 68.7. The van der Waals surface area contributed by atoms with Gasteiger partial charge in [0.2, 0.25) is 11.8 Å². The van der Waals surface area contributed by atoms with Gasteiger partial charge in [-0.05, 0) is 74.1 Å². The third kappa shape index (κ3) is 6.03. The normalized spacial score (nSPS) is 26.0. The number of carbonyl (C=O) groups excluding carboxylic acids is 3. The molecule has 4 heterocycles. The monoisotopic (exact) mass is 630 g/mol. The molecule has 1 unspecified atom stereocenters. The number of hydrogen-bond donors (Lipinski definition) is 3. The van der Waals surface area contributed by atoms with Crippen LogP contribution in [0.3, 0.4) is 0 Å². The van der Waals surface area contributed by atoms with Gasteiger partial charge in [-0.15, -0.1) is 0 Å². The molecule has 11 heteroatoms. The number of nitrogens with zero attached hydrogens (tertiary/aromatic N) is 3. The molecule has 1 spiro atoms. The van der Waals surface area contributed by atoms with Crippen molar-refractivity contribution in [3.8, 4) is 0 Å². The number of rotatable bonds is 6. The van der Waals surface area contributed by atoms with E-state index in [0.717, 1.165) is 50.3 Å². The number of carbonyl (C=O) groups is 3. The molecule has 3 aromatic rings. The molecular formula is C34H39N4O6P. The van der Waals surface area contributed by atoms with E-state index >= 15 is 0 Å². The van der Waals surface area contributed by atoms with E-state index in [-0.39, 0.29) is 29.1 Å². The fraction of sp³-hybridized carbons (Fsp3) is 0.471. The summed E-state index contributed by atoms with van der Waals surface area (Å²) in [6.07, 6.45) is 8.56. The van der Waals surface area contributed by atoms with Gasteiger partial charge in [-0.2, -0.15) is 0 Å². The number of fused-ring (bicyclic) bond motifs is 2. The summed E-state index contributed by atoms with van der Waals surface area (Å²) in [5.41, 5.74) is 1.75. The third-order valence-corrected chi connectivity index (χ3v) is 11.0. The molecule has 236 valence electrons. The third-order valence-electron chi connectivity index (χ3n) is 10.3. The first-order valence-electron chi connectivity index (χ1n) is 16.0. The molecule has 2 aromatic carbocycles. The van der Waals surface area contributed by atoms with E-state index in [4.69, 9.17) is 0 Å². The molecule has 1 aliphatic carbocycles. The molecule has 3 N–H and O–H groups in total. The predicted octanol–water partition coefficient (Wildman–Crippen LogP) is 4.49. The molecule has 4 atom stereocenters. The maximum atomic E-state index is 14.3. The van der Waals surface area contributed by atoms with Gasteiger partial charge in [0, 0.05) is 41.2 Å². The number of hydrogen-bond acceptors (Lipinski definition) is 5. The Labute approximate surface area is 262 Å². The highest BCUT2D eigenvalue weighted by atomic mass is 31.2. The molecule has 7 rings (SSSR count). The van der Waals surface area contributed by atoms with Crippen LogP contribution in [0.5, 0.6) is 0 Å². The molecule has 10 nitrogen and oxygen atoms in total. The first kappa shape index (κ1) is 30.1. The van der Waals surface area contributed by atoms with Crippen molar-refractivity contribution in [2.24, 2.45) is 0 Å². The Morgan fingerprint density at radius 1 is 0.978 bits per heavy atom. The van der Waals surface area contributed by atoms with E-state index in [2.05, 4.69) is 27.3 Å². The van der Waals surface area contributed by atoms with Crippen molar-refractivity contribution in [3.05, 3.63) is 77.6 Å². The quantitative estimate of drug-likeness (QED) is 0.341. The summed E-state index contributed by atoms with van der Waals surface area (Å²) in [5, 5.41) is 4.33. The molecule has 3 amide bonds. The largest absolute Gasteiger partial charge is 0.340 e. The van der Waals surface area contributed by atoms with Crippen LogP contribution >= 0.6 is 7.60 Å². The average Bonchev–Trinajstić information content (AvgIpc) is 3.50. The summed E-state index contributed by atoms with van der Waals surface area (Å²) in [6.45, 7) is 0.680. The second kappa shape index (κ2) is 11.6. The van der Waals surface area contributed by atoms with Crippen LogP contribution in [0.4, 0.5) is 0 Å². The summed E-state index contributed by atoms with van der Waals surface area (Å²) in [6, 6.07) is 15.8. The van der Waals surface area contributed by atoms with Gasteiger partial charge in [0.05, 0.1) is 11.9 Å². The summed E-state index contributed by atoms with van der Waals surface area (Å²) >= 11 is 0. The van der Waals surface area contributed by atoms with Gasteiger partial charge >= 0.3 is 7.60 Å². The molecule has 4 fully saturated rings. The number of amides is 3. The molecule has 3 saturated heterocycles. The molecule has 3 aliphatic heterocycles. The number of nitrogens with one attached hydrogen (secondary N) is 1. The minimum atomic E-state index is -4.30. The fourth-order valence-electron chi connectivity index (χ4n) is 7.89. The number of benzene rings is 2. The maximum absolute atomic E-state index is 14.3. The highest BCUT2D eigenvalue weighted by molar-refractivity contribution is 7.50. The highest BCUT2D eigenvalue weighted by Crippen LogP contribution is 2.54. The summed E-state index contributed by atoms with van der Waals surface area (Å²) in [5.74, 6) is -0.219. The Morgan fingerprint density at radius 2 is 1.76 bits per heavy atom. The lowest BCUT2D eigenvalue weighted by Crippen LogP contribution is -2.57. The standard InChI is InChI=1S/C34H39N4O6P/c39-31(23-10-11-24-19-35-27(17-25(24)16-23)21-45(42,43)44)36-29-9-5-4-8-28-12-13-30(38(28)32(29)40)33(41)37-20-26(18-34(37)14-15-34)22-6-2-1-3-7-22/h1-3,6-7,10-11,16-17,19,26,28-30H,4-5,8-9,12-15,18,20-21H2,(H,36,39)(H2,42,43,44)/t26?,28-,29-,30-/m0/s1. The Hall–Kier alpha value is -3.59. The van der Waals surface area contributed by atoms with Crippen molar-refractivity contribution in [1.82, 2.24) is 20.1 Å². The Bertz CT molecular complexity index is 1690. The summed E-state index contributed by atoms with van der Waals surface area (Å²) < 4.78 is 11.5. The first-order valence-corrected chi connectivity index (χ1v) is 17.8. The Morgan fingerprint density at radius 3 is 2.51 bits per heavy atom. The van der Waals surface area contributed by atoms with Gasteiger partial charge in [0.25, 0.3) is 5.91 Å². The zero-order valence-electron chi connectivity index (χ0n) is 25.2. The first-order chi connectivity index (χ1) is 21.6. The lowest BCUT2D eigenvalue weighted by atomic mass is 9.96. The van der Waals surface area contributed by atoms with Gasteiger partial charge in [-0.25, -0.2) is 0 Å². The minimum Gasteiger partial charge on any atom is -0.340 e. The van der Waals surface area contributed by atoms with Crippen molar-refractivity contribution < 1.29 is 28.7 Å². The maximum Gasteiger partial charge on any atom is 0.331 e. The van der Waals surface area contributed by atoms with Crippen molar-refractivity contribution in [2.45, 2.75) is 93.5 Å². The van der Waals surface area contributed by atoms with Crippen LogP contribution in [-0.2, 0) is 20.3 Å². The molecule has 0 bridgehead atoms. The topological polar surface area (TPSA) is 140 Å². The molecular weight excluding hydrogens is 591 g/mol. The van der Waals surface area contributed by atoms with E-state index in [9.17, 15) is 28.7 Å². The molecule has 1 aromatic heterocycles. The van der Waals surface area contributed by atoms with Crippen LogP contribution in [-0.4, -0.2) is 72.5 Å². The zero-order valence-corrected chi connectivity index (χ0v) is 26.1. The fourth-order valence-corrected chi connectivity index (χ4v) is 8.49.